The monoisotopic (exact) mass is 446 g/mol. The maximum Gasteiger partial charge on any atom is 0.416 e. The Balaban J connectivity index is 1.82. The third-order valence-electron chi connectivity index (χ3n) is 4.18. The molecule has 3 rings (SSSR count). The maximum atomic E-state index is 12.7. The number of rotatable bonds is 7. The van der Waals surface area contributed by atoms with Crippen molar-refractivity contribution in [3.8, 4) is 28.8 Å². The molecular formula is C21H17F3N4O4. The summed E-state index contributed by atoms with van der Waals surface area (Å²) in [6, 6.07) is 11.7. The smallest absolute Gasteiger partial charge is 0.416 e. The lowest BCUT2D eigenvalue weighted by molar-refractivity contribution is -0.137. The molecule has 0 bridgehead atoms. The molecule has 0 spiro atoms. The summed E-state index contributed by atoms with van der Waals surface area (Å²) in [6.07, 6.45) is -5.43. The van der Waals surface area contributed by atoms with Crippen LogP contribution in [-0.2, 0) is 11.0 Å². The van der Waals surface area contributed by atoms with Crippen LogP contribution in [0.1, 0.15) is 23.0 Å². The van der Waals surface area contributed by atoms with Crippen LogP contribution in [0.3, 0.4) is 0 Å². The first-order valence-electron chi connectivity index (χ1n) is 9.13. The lowest BCUT2D eigenvalue weighted by Gasteiger charge is -2.12. The van der Waals surface area contributed by atoms with Crippen LogP contribution < -0.4 is 20.9 Å². The number of hydrogen-bond acceptors (Lipinski definition) is 6. The number of carbonyl (C=O) groups excluding carboxylic acids is 2. The molecule has 0 fully saturated rings. The van der Waals surface area contributed by atoms with Crippen molar-refractivity contribution in [1.82, 2.24) is 9.97 Å². The third kappa shape index (κ3) is 5.50. The second-order valence-electron chi connectivity index (χ2n) is 6.59. The van der Waals surface area contributed by atoms with Crippen LogP contribution in [0.4, 0.5) is 13.2 Å². The number of primary amides is 2. The summed E-state index contributed by atoms with van der Waals surface area (Å²) in [7, 11) is 0. The van der Waals surface area contributed by atoms with Crippen molar-refractivity contribution in [2.24, 2.45) is 11.5 Å². The van der Waals surface area contributed by atoms with Crippen molar-refractivity contribution in [2.45, 2.75) is 19.2 Å². The largest absolute Gasteiger partial charge is 0.464 e. The van der Waals surface area contributed by atoms with Gasteiger partial charge in [-0.2, -0.15) is 18.2 Å². The van der Waals surface area contributed by atoms with E-state index in [1.54, 1.807) is 24.3 Å². The van der Waals surface area contributed by atoms with E-state index in [1.165, 1.54) is 25.1 Å². The van der Waals surface area contributed by atoms with Gasteiger partial charge in [0.15, 0.2) is 11.9 Å². The Morgan fingerprint density at radius 3 is 2.00 bits per heavy atom. The zero-order chi connectivity index (χ0) is 23.5. The van der Waals surface area contributed by atoms with E-state index in [9.17, 15) is 22.8 Å². The summed E-state index contributed by atoms with van der Waals surface area (Å²) in [4.78, 5) is 31.1. The van der Waals surface area contributed by atoms with Gasteiger partial charge in [0.25, 0.3) is 11.8 Å². The van der Waals surface area contributed by atoms with Crippen LogP contribution in [0.5, 0.6) is 17.4 Å². The predicted octanol–water partition coefficient (Wildman–Crippen LogP) is 3.31. The number of aromatic nitrogens is 2. The SMILES string of the molecule is C[C@H](Oc1cc(C(N)=O)nc(-c2ccc(Oc3ccc(C(F)(F)F)cc3)cc2)n1)C(N)=O. The average molecular weight is 446 g/mol. The highest BCUT2D eigenvalue weighted by molar-refractivity contribution is 5.91. The van der Waals surface area contributed by atoms with Crippen LogP contribution >= 0.6 is 0 Å². The van der Waals surface area contributed by atoms with Crippen LogP contribution in [0.25, 0.3) is 11.4 Å². The second-order valence-corrected chi connectivity index (χ2v) is 6.59. The van der Waals surface area contributed by atoms with E-state index < -0.39 is 29.7 Å². The maximum absolute atomic E-state index is 12.7. The molecule has 1 heterocycles. The van der Waals surface area contributed by atoms with Crippen LogP contribution in [0, 0.1) is 0 Å². The van der Waals surface area contributed by atoms with Crippen molar-refractivity contribution in [2.75, 3.05) is 0 Å². The number of hydrogen-bond donors (Lipinski definition) is 2. The molecule has 2 amide bonds. The van der Waals surface area contributed by atoms with Gasteiger partial charge in [-0.15, -0.1) is 0 Å². The summed E-state index contributed by atoms with van der Waals surface area (Å²) >= 11 is 0. The fourth-order valence-corrected chi connectivity index (χ4v) is 2.50. The molecule has 1 aromatic heterocycles. The molecule has 8 nitrogen and oxygen atoms in total. The Bertz CT molecular complexity index is 1130. The minimum atomic E-state index is -4.43. The van der Waals surface area contributed by atoms with Gasteiger partial charge in [0.1, 0.15) is 17.2 Å². The average Bonchev–Trinajstić information content (AvgIpc) is 2.73. The quantitative estimate of drug-likeness (QED) is 0.573. The van der Waals surface area contributed by atoms with E-state index in [-0.39, 0.29) is 23.1 Å². The fraction of sp³-hybridized carbons (Fsp3) is 0.143. The van der Waals surface area contributed by atoms with Crippen molar-refractivity contribution < 1.29 is 32.2 Å². The van der Waals surface area contributed by atoms with Gasteiger partial charge < -0.3 is 20.9 Å². The van der Waals surface area contributed by atoms with Crippen molar-refractivity contribution in [1.29, 1.82) is 0 Å². The summed E-state index contributed by atoms with van der Waals surface area (Å²) in [6.45, 7) is 1.42. The molecule has 0 aliphatic heterocycles. The molecule has 2 aromatic carbocycles. The molecule has 11 heteroatoms. The molecule has 4 N–H and O–H groups in total. The summed E-state index contributed by atoms with van der Waals surface area (Å²) in [5.74, 6) is -0.968. The number of amides is 2. The first-order valence-corrected chi connectivity index (χ1v) is 9.13. The molecular weight excluding hydrogens is 429 g/mol. The van der Waals surface area contributed by atoms with Gasteiger partial charge in [0.05, 0.1) is 5.56 Å². The zero-order valence-electron chi connectivity index (χ0n) is 16.6. The fourth-order valence-electron chi connectivity index (χ4n) is 2.50. The number of halogens is 3. The first kappa shape index (κ1) is 22.5. The van der Waals surface area contributed by atoms with E-state index in [1.807, 2.05) is 0 Å². The lowest BCUT2D eigenvalue weighted by atomic mass is 10.2. The normalized spacial score (nSPS) is 12.1. The van der Waals surface area contributed by atoms with Crippen LogP contribution in [0.15, 0.2) is 54.6 Å². The van der Waals surface area contributed by atoms with Gasteiger partial charge in [0.2, 0.25) is 5.88 Å². The minimum Gasteiger partial charge on any atom is -0.464 e. The van der Waals surface area contributed by atoms with Crippen LogP contribution in [-0.4, -0.2) is 27.9 Å². The van der Waals surface area contributed by atoms with Gasteiger partial charge in [-0.25, -0.2) is 4.98 Å². The van der Waals surface area contributed by atoms with E-state index >= 15 is 0 Å². The van der Waals surface area contributed by atoms with Gasteiger partial charge in [-0.3, -0.25) is 9.59 Å². The highest BCUT2D eigenvalue weighted by atomic mass is 19.4. The Morgan fingerprint density at radius 1 is 0.938 bits per heavy atom. The van der Waals surface area contributed by atoms with E-state index in [0.29, 0.717) is 11.3 Å². The third-order valence-corrected chi connectivity index (χ3v) is 4.18. The lowest BCUT2D eigenvalue weighted by Crippen LogP contribution is -2.31. The Labute approximate surface area is 180 Å². The molecule has 166 valence electrons. The number of alkyl halides is 3. The molecule has 0 saturated heterocycles. The standard InChI is InChI=1S/C21H17F3N4O4/c1-11(18(25)29)31-17-10-16(19(26)30)27-20(28-17)12-2-6-14(7-3-12)32-15-8-4-13(5-9-15)21(22,23)24/h2-11H,1H3,(H2,25,29)(H2,26,30)/t11-/m0/s1. The van der Waals surface area contributed by atoms with E-state index in [0.717, 1.165) is 12.1 Å². The summed E-state index contributed by atoms with van der Waals surface area (Å²) in [5, 5.41) is 0. The summed E-state index contributed by atoms with van der Waals surface area (Å²) < 4.78 is 48.8. The molecule has 0 aliphatic rings. The highest BCUT2D eigenvalue weighted by Crippen LogP contribution is 2.32. The zero-order valence-corrected chi connectivity index (χ0v) is 16.6. The molecule has 32 heavy (non-hydrogen) atoms. The van der Waals surface area contributed by atoms with Crippen LogP contribution in [0.2, 0.25) is 0 Å². The molecule has 0 unspecified atom stereocenters. The van der Waals surface area contributed by atoms with Crippen molar-refractivity contribution in [3.63, 3.8) is 0 Å². The Kier molecular flexibility index (Phi) is 6.28. The second kappa shape index (κ2) is 8.92. The van der Waals surface area contributed by atoms with Crippen molar-refractivity contribution >= 4 is 11.8 Å². The Morgan fingerprint density at radius 2 is 1.50 bits per heavy atom. The molecule has 1 atom stereocenters. The minimum absolute atomic E-state index is 0.0693. The molecule has 0 saturated carbocycles. The van der Waals surface area contributed by atoms with Gasteiger partial charge in [-0.1, -0.05) is 0 Å². The predicted molar refractivity (Wildman–Crippen MR) is 107 cm³/mol. The number of benzene rings is 2. The van der Waals surface area contributed by atoms with Gasteiger partial charge in [0, 0.05) is 11.6 Å². The molecule has 0 radical (unpaired) electrons. The van der Waals surface area contributed by atoms with Crippen molar-refractivity contribution in [3.05, 3.63) is 65.9 Å². The highest BCUT2D eigenvalue weighted by Gasteiger charge is 2.30. The number of ether oxygens (including phenoxy) is 2. The van der Waals surface area contributed by atoms with Gasteiger partial charge in [-0.05, 0) is 55.5 Å². The van der Waals surface area contributed by atoms with Gasteiger partial charge >= 0.3 is 6.18 Å². The molecule has 3 aromatic rings. The topological polar surface area (TPSA) is 130 Å². The number of carbonyl (C=O) groups is 2. The first-order chi connectivity index (χ1) is 15.0. The number of nitrogens with two attached hydrogens (primary N) is 2. The van der Waals surface area contributed by atoms with E-state index in [4.69, 9.17) is 20.9 Å². The van der Waals surface area contributed by atoms with E-state index in [2.05, 4.69) is 9.97 Å². The number of nitrogens with zero attached hydrogens (tertiary/aromatic N) is 2. The Hall–Kier alpha value is -4.15. The summed E-state index contributed by atoms with van der Waals surface area (Å²) in [5.41, 5.74) is 10.0. The molecule has 0 aliphatic carbocycles.